The Bertz CT molecular complexity index is 402. The molecule has 0 saturated heterocycles. The van der Waals surface area contributed by atoms with E-state index >= 15 is 0 Å². The van der Waals surface area contributed by atoms with Crippen LogP contribution < -0.4 is 5.73 Å². The van der Waals surface area contributed by atoms with E-state index < -0.39 is 0 Å². The van der Waals surface area contributed by atoms with Crippen LogP contribution in [0.4, 0.5) is 5.82 Å². The molecule has 18 heavy (non-hydrogen) atoms. The number of rotatable bonds is 5. The first-order chi connectivity index (χ1) is 8.56. The Morgan fingerprint density at radius 2 is 2.17 bits per heavy atom. The van der Waals surface area contributed by atoms with E-state index in [0.29, 0.717) is 11.9 Å². The largest absolute Gasteiger partial charge is 0.384 e. The van der Waals surface area contributed by atoms with E-state index in [9.17, 15) is 0 Å². The molecular formula is C14H23N3O. The van der Waals surface area contributed by atoms with Gasteiger partial charge < -0.3 is 15.4 Å². The van der Waals surface area contributed by atoms with E-state index in [0.717, 1.165) is 17.8 Å². The smallest absolute Gasteiger partial charge is 0.123 e. The number of nitrogens with two attached hydrogens (primary N) is 1. The van der Waals surface area contributed by atoms with Gasteiger partial charge in [0.15, 0.2) is 0 Å². The highest BCUT2D eigenvalue weighted by atomic mass is 16.5. The summed E-state index contributed by atoms with van der Waals surface area (Å²) >= 11 is 0. The summed E-state index contributed by atoms with van der Waals surface area (Å²) in [4.78, 5) is 6.54. The maximum absolute atomic E-state index is 6.04. The van der Waals surface area contributed by atoms with E-state index in [-0.39, 0.29) is 6.10 Å². The molecule has 0 amide bonds. The summed E-state index contributed by atoms with van der Waals surface area (Å²) in [6, 6.07) is 3.90. The first-order valence-corrected chi connectivity index (χ1v) is 6.61. The van der Waals surface area contributed by atoms with Crippen molar-refractivity contribution < 1.29 is 4.74 Å². The van der Waals surface area contributed by atoms with E-state index in [1.807, 2.05) is 26.2 Å². The summed E-state index contributed by atoms with van der Waals surface area (Å²) < 4.78 is 6.04. The fraction of sp³-hybridized carbons (Fsp3) is 0.643. The Morgan fingerprint density at radius 1 is 1.44 bits per heavy atom. The normalized spacial score (nSPS) is 17.8. The van der Waals surface area contributed by atoms with E-state index in [1.54, 1.807) is 0 Å². The summed E-state index contributed by atoms with van der Waals surface area (Å²) in [7, 11) is 4.07. The lowest BCUT2D eigenvalue weighted by Gasteiger charge is -2.30. The van der Waals surface area contributed by atoms with Crippen molar-refractivity contribution in [1.82, 2.24) is 9.88 Å². The van der Waals surface area contributed by atoms with Crippen LogP contribution in [0.25, 0.3) is 0 Å². The van der Waals surface area contributed by atoms with Crippen molar-refractivity contribution in [2.45, 2.75) is 44.9 Å². The molecule has 1 unspecified atom stereocenters. The molecule has 0 bridgehead atoms. The fourth-order valence-corrected chi connectivity index (χ4v) is 2.19. The molecule has 4 nitrogen and oxygen atoms in total. The third kappa shape index (κ3) is 3.21. The highest BCUT2D eigenvalue weighted by Crippen LogP contribution is 2.30. The number of nitrogen functional groups attached to an aromatic ring is 1. The van der Waals surface area contributed by atoms with Crippen molar-refractivity contribution in [3.05, 3.63) is 23.4 Å². The van der Waals surface area contributed by atoms with Crippen LogP contribution in [0.3, 0.4) is 0 Å². The molecule has 1 aliphatic rings. The maximum atomic E-state index is 6.04. The van der Waals surface area contributed by atoms with Crippen LogP contribution in [0.5, 0.6) is 0 Å². The average molecular weight is 249 g/mol. The molecule has 2 rings (SSSR count). The zero-order valence-corrected chi connectivity index (χ0v) is 11.5. The molecule has 1 fully saturated rings. The minimum Gasteiger partial charge on any atom is -0.384 e. The van der Waals surface area contributed by atoms with Gasteiger partial charge in [0, 0.05) is 12.1 Å². The molecule has 0 spiro atoms. The van der Waals surface area contributed by atoms with Gasteiger partial charge in [0.25, 0.3) is 0 Å². The number of anilines is 1. The topological polar surface area (TPSA) is 51.4 Å². The lowest BCUT2D eigenvalue weighted by molar-refractivity contribution is -0.0451. The molecular weight excluding hydrogens is 226 g/mol. The highest BCUT2D eigenvalue weighted by Gasteiger charge is 2.22. The Hall–Kier alpha value is -1.13. The number of hydrogen-bond acceptors (Lipinski definition) is 4. The number of aromatic nitrogens is 1. The molecule has 0 radical (unpaired) electrons. The zero-order valence-electron chi connectivity index (χ0n) is 11.5. The molecule has 1 saturated carbocycles. The first-order valence-electron chi connectivity index (χ1n) is 6.61. The van der Waals surface area contributed by atoms with Gasteiger partial charge in [0.05, 0.1) is 17.9 Å². The minimum atomic E-state index is 0.0957. The van der Waals surface area contributed by atoms with Gasteiger partial charge in [0.2, 0.25) is 0 Å². The third-order valence-corrected chi connectivity index (χ3v) is 3.38. The molecule has 1 atom stereocenters. The zero-order chi connectivity index (χ0) is 13.1. The maximum Gasteiger partial charge on any atom is 0.123 e. The third-order valence-electron chi connectivity index (χ3n) is 3.38. The minimum absolute atomic E-state index is 0.0957. The Balaban J connectivity index is 2.13. The van der Waals surface area contributed by atoms with Crippen molar-refractivity contribution in [2.24, 2.45) is 0 Å². The summed E-state index contributed by atoms with van der Waals surface area (Å²) in [6.45, 7) is 2.89. The van der Waals surface area contributed by atoms with Crippen LogP contribution in [0, 0.1) is 0 Å². The molecule has 0 aliphatic heterocycles. The summed E-state index contributed by atoms with van der Waals surface area (Å²) in [5.74, 6) is 0.575. The Labute approximate surface area is 109 Å². The Morgan fingerprint density at radius 3 is 2.72 bits per heavy atom. The molecule has 4 heteroatoms. The Kier molecular flexibility index (Phi) is 4.19. The molecule has 100 valence electrons. The molecule has 1 aromatic heterocycles. The first kappa shape index (κ1) is 13.3. The van der Waals surface area contributed by atoms with Gasteiger partial charge in [-0.15, -0.1) is 0 Å². The fourth-order valence-electron chi connectivity index (χ4n) is 2.19. The highest BCUT2D eigenvalue weighted by molar-refractivity contribution is 5.35. The average Bonchev–Trinajstić information content (AvgIpc) is 2.22. The monoisotopic (exact) mass is 249 g/mol. The van der Waals surface area contributed by atoms with Crippen LogP contribution in [-0.2, 0) is 11.3 Å². The number of ether oxygens (including phenoxy) is 1. The van der Waals surface area contributed by atoms with Crippen molar-refractivity contribution >= 4 is 5.82 Å². The lowest BCUT2D eigenvalue weighted by atomic mass is 9.95. The second-order valence-electron chi connectivity index (χ2n) is 5.34. The van der Waals surface area contributed by atoms with Gasteiger partial charge in [0.1, 0.15) is 5.82 Å². The van der Waals surface area contributed by atoms with Gasteiger partial charge in [-0.05, 0) is 46.3 Å². The summed E-state index contributed by atoms with van der Waals surface area (Å²) in [6.07, 6.45) is 4.20. The van der Waals surface area contributed by atoms with Crippen LogP contribution in [0.15, 0.2) is 12.1 Å². The van der Waals surface area contributed by atoms with Gasteiger partial charge in [-0.3, -0.25) is 0 Å². The van der Waals surface area contributed by atoms with Gasteiger partial charge in [-0.2, -0.15) is 0 Å². The van der Waals surface area contributed by atoms with Crippen LogP contribution in [0.2, 0.25) is 0 Å². The molecule has 1 heterocycles. The van der Waals surface area contributed by atoms with Gasteiger partial charge >= 0.3 is 0 Å². The number of nitrogens with zero attached hydrogens (tertiary/aromatic N) is 2. The number of hydrogen-bond donors (Lipinski definition) is 1. The second-order valence-corrected chi connectivity index (χ2v) is 5.34. The van der Waals surface area contributed by atoms with E-state index in [2.05, 4.69) is 16.8 Å². The van der Waals surface area contributed by atoms with Crippen molar-refractivity contribution in [2.75, 3.05) is 19.8 Å². The van der Waals surface area contributed by atoms with Crippen LogP contribution in [0.1, 0.15) is 43.5 Å². The van der Waals surface area contributed by atoms with Crippen molar-refractivity contribution in [3.8, 4) is 0 Å². The molecule has 2 N–H and O–H groups in total. The van der Waals surface area contributed by atoms with Crippen molar-refractivity contribution in [1.29, 1.82) is 0 Å². The second kappa shape index (κ2) is 5.67. The molecule has 1 aliphatic carbocycles. The van der Waals surface area contributed by atoms with Crippen molar-refractivity contribution in [3.63, 3.8) is 0 Å². The lowest BCUT2D eigenvalue weighted by Crippen LogP contribution is -2.24. The summed E-state index contributed by atoms with van der Waals surface area (Å²) in [5, 5.41) is 0. The van der Waals surface area contributed by atoms with E-state index in [4.69, 9.17) is 10.5 Å². The quantitative estimate of drug-likeness (QED) is 0.870. The van der Waals surface area contributed by atoms with Gasteiger partial charge in [-0.25, -0.2) is 4.98 Å². The SMILES string of the molecule is CC(OC1CCC1)c1ccc(N)nc1CN(C)C. The number of pyridine rings is 1. The summed E-state index contributed by atoms with van der Waals surface area (Å²) in [5.41, 5.74) is 7.95. The molecule has 0 aromatic carbocycles. The standard InChI is InChI=1S/C14H23N3O/c1-10(18-11-5-4-6-11)12-7-8-14(15)16-13(12)9-17(2)3/h7-8,10-11H,4-6,9H2,1-3H3,(H2,15,16). The van der Waals surface area contributed by atoms with Crippen LogP contribution in [-0.4, -0.2) is 30.1 Å². The van der Waals surface area contributed by atoms with Gasteiger partial charge in [-0.1, -0.05) is 6.07 Å². The van der Waals surface area contributed by atoms with Crippen LogP contribution >= 0.6 is 0 Å². The predicted molar refractivity (Wildman–Crippen MR) is 73.2 cm³/mol. The van der Waals surface area contributed by atoms with E-state index in [1.165, 1.54) is 19.3 Å². The predicted octanol–water partition coefficient (Wildman–Crippen LogP) is 2.36. The molecule has 1 aromatic rings.